The van der Waals surface area contributed by atoms with Crippen LogP contribution in [0.25, 0.3) is 0 Å². The zero-order chi connectivity index (χ0) is 21.8. The van der Waals surface area contributed by atoms with E-state index >= 15 is 0 Å². The highest BCUT2D eigenvalue weighted by atomic mass is 16.5. The van der Waals surface area contributed by atoms with E-state index in [1.165, 1.54) is 44.1 Å². The summed E-state index contributed by atoms with van der Waals surface area (Å²) < 4.78 is 5.93. The molecule has 0 radical (unpaired) electrons. The normalized spacial score (nSPS) is 35.4. The summed E-state index contributed by atoms with van der Waals surface area (Å²) in [5.41, 5.74) is 2.08. The molecule has 5 fully saturated rings. The maximum atomic E-state index is 12.8. The van der Waals surface area contributed by atoms with E-state index in [4.69, 9.17) is 4.74 Å². The predicted octanol–water partition coefficient (Wildman–Crippen LogP) is 4.86. The molecular weight excluding hydrogens is 384 g/mol. The number of carbonyl (C=O) groups is 1. The SMILES string of the molecule is C[C@H]1CN(C(C)(C)C)CCN1C(=O)COc1ccc(C23CC4CC(CC(C4)C2)C3)cc1. The van der Waals surface area contributed by atoms with Gasteiger partial charge in [-0.25, -0.2) is 0 Å². The fraction of sp³-hybridized carbons (Fsp3) is 0.741. The molecule has 1 amide bonds. The van der Waals surface area contributed by atoms with E-state index in [-0.39, 0.29) is 24.1 Å². The topological polar surface area (TPSA) is 32.8 Å². The molecule has 4 bridgehead atoms. The van der Waals surface area contributed by atoms with Gasteiger partial charge in [-0.1, -0.05) is 12.1 Å². The van der Waals surface area contributed by atoms with Crippen LogP contribution in [0.5, 0.6) is 5.75 Å². The third-order valence-corrected chi connectivity index (χ3v) is 8.76. The van der Waals surface area contributed by atoms with Crippen LogP contribution in [0, 0.1) is 17.8 Å². The van der Waals surface area contributed by atoms with Gasteiger partial charge in [0, 0.05) is 31.2 Å². The highest BCUT2D eigenvalue weighted by molar-refractivity contribution is 5.78. The summed E-state index contributed by atoms with van der Waals surface area (Å²) in [6.07, 6.45) is 8.59. The zero-order valence-corrected chi connectivity index (χ0v) is 19.9. The number of carbonyl (C=O) groups excluding carboxylic acids is 1. The van der Waals surface area contributed by atoms with Crippen molar-refractivity contribution < 1.29 is 9.53 Å². The Morgan fingerprint density at radius 1 is 1.00 bits per heavy atom. The van der Waals surface area contributed by atoms with Gasteiger partial charge in [0.2, 0.25) is 0 Å². The molecule has 4 aliphatic carbocycles. The molecule has 1 aromatic carbocycles. The van der Waals surface area contributed by atoms with E-state index in [0.717, 1.165) is 43.1 Å². The van der Waals surface area contributed by atoms with Crippen molar-refractivity contribution in [3.05, 3.63) is 29.8 Å². The summed E-state index contributed by atoms with van der Waals surface area (Å²) in [5, 5.41) is 0. The van der Waals surface area contributed by atoms with Crippen LogP contribution in [0.2, 0.25) is 0 Å². The van der Waals surface area contributed by atoms with Gasteiger partial charge < -0.3 is 9.64 Å². The van der Waals surface area contributed by atoms with Crippen molar-refractivity contribution in [3.8, 4) is 5.75 Å². The van der Waals surface area contributed by atoms with Crippen molar-refractivity contribution in [1.82, 2.24) is 9.80 Å². The first-order valence-corrected chi connectivity index (χ1v) is 12.5. The number of hydrogen-bond donors (Lipinski definition) is 0. The van der Waals surface area contributed by atoms with Crippen LogP contribution in [0.15, 0.2) is 24.3 Å². The summed E-state index contributed by atoms with van der Waals surface area (Å²) in [6, 6.07) is 9.00. The molecule has 1 atom stereocenters. The molecule has 4 nitrogen and oxygen atoms in total. The molecule has 1 saturated heterocycles. The van der Waals surface area contributed by atoms with Gasteiger partial charge in [-0.3, -0.25) is 9.69 Å². The van der Waals surface area contributed by atoms with Crippen LogP contribution in [0.1, 0.15) is 71.8 Å². The standard InChI is InChI=1S/C27H40N2O2/c1-19-17-28(26(2,3)4)9-10-29(19)25(30)18-31-24-7-5-23(6-8-24)27-14-20-11-21(15-27)13-22(12-20)16-27/h5-8,19-22H,9-18H2,1-4H3/t19-,20?,21?,22?,27?/m0/s1. The average Bonchev–Trinajstić information content (AvgIpc) is 2.70. The fourth-order valence-corrected chi connectivity index (χ4v) is 7.53. The third-order valence-electron chi connectivity index (χ3n) is 8.76. The molecule has 6 rings (SSSR count). The lowest BCUT2D eigenvalue weighted by Crippen LogP contribution is -2.59. The lowest BCUT2D eigenvalue weighted by molar-refractivity contribution is -0.139. The van der Waals surface area contributed by atoms with Gasteiger partial charge in [-0.05, 0) is 107 Å². The van der Waals surface area contributed by atoms with Crippen LogP contribution in [0.4, 0.5) is 0 Å². The largest absolute Gasteiger partial charge is 0.484 e. The highest BCUT2D eigenvalue weighted by Gasteiger charge is 2.51. The maximum absolute atomic E-state index is 12.8. The van der Waals surface area contributed by atoms with E-state index in [0.29, 0.717) is 5.41 Å². The van der Waals surface area contributed by atoms with Crippen LogP contribution in [-0.4, -0.2) is 53.5 Å². The lowest BCUT2D eigenvalue weighted by atomic mass is 9.48. The molecular formula is C27H40N2O2. The van der Waals surface area contributed by atoms with Gasteiger partial charge in [0.1, 0.15) is 5.75 Å². The minimum absolute atomic E-state index is 0.103. The van der Waals surface area contributed by atoms with E-state index in [1.54, 1.807) is 0 Å². The summed E-state index contributed by atoms with van der Waals surface area (Å²) in [4.78, 5) is 17.3. The highest BCUT2D eigenvalue weighted by Crippen LogP contribution is 2.60. The number of benzene rings is 1. The zero-order valence-electron chi connectivity index (χ0n) is 19.9. The first-order valence-electron chi connectivity index (χ1n) is 12.5. The summed E-state index contributed by atoms with van der Waals surface area (Å²) in [5.74, 6) is 3.80. The van der Waals surface area contributed by atoms with Gasteiger partial charge in [0.15, 0.2) is 6.61 Å². The molecule has 5 aliphatic rings. The summed E-state index contributed by atoms with van der Waals surface area (Å²) in [7, 11) is 0. The van der Waals surface area contributed by atoms with E-state index in [2.05, 4.69) is 56.9 Å². The smallest absolute Gasteiger partial charge is 0.260 e. The molecule has 0 N–H and O–H groups in total. The molecule has 31 heavy (non-hydrogen) atoms. The number of piperazine rings is 1. The number of amides is 1. The van der Waals surface area contributed by atoms with Crippen molar-refractivity contribution in [2.45, 2.75) is 83.2 Å². The second-order valence-electron chi connectivity index (χ2n) is 12.1. The van der Waals surface area contributed by atoms with Crippen molar-refractivity contribution in [3.63, 3.8) is 0 Å². The van der Waals surface area contributed by atoms with Gasteiger partial charge in [0.05, 0.1) is 0 Å². The van der Waals surface area contributed by atoms with Crippen LogP contribution < -0.4 is 4.74 Å². The average molecular weight is 425 g/mol. The number of nitrogens with zero attached hydrogens (tertiary/aromatic N) is 2. The lowest BCUT2D eigenvalue weighted by Gasteiger charge is -2.57. The molecule has 1 aromatic rings. The van der Waals surface area contributed by atoms with Crippen molar-refractivity contribution in [2.24, 2.45) is 17.8 Å². The molecule has 0 aromatic heterocycles. The third kappa shape index (κ3) is 4.13. The van der Waals surface area contributed by atoms with Crippen LogP contribution in [0.3, 0.4) is 0 Å². The number of rotatable bonds is 4. The Hall–Kier alpha value is -1.55. The van der Waals surface area contributed by atoms with E-state index in [1.807, 2.05) is 4.90 Å². The summed E-state index contributed by atoms with van der Waals surface area (Å²) in [6.45, 7) is 11.7. The first-order chi connectivity index (χ1) is 14.7. The van der Waals surface area contributed by atoms with Crippen molar-refractivity contribution >= 4 is 5.91 Å². The second kappa shape index (κ2) is 7.79. The molecule has 0 spiro atoms. The number of ether oxygens (including phenoxy) is 1. The minimum Gasteiger partial charge on any atom is -0.484 e. The van der Waals surface area contributed by atoms with Gasteiger partial charge >= 0.3 is 0 Å². The van der Waals surface area contributed by atoms with Gasteiger partial charge in [-0.15, -0.1) is 0 Å². The molecule has 0 unspecified atom stereocenters. The Bertz CT molecular complexity index is 774. The van der Waals surface area contributed by atoms with Gasteiger partial charge in [0.25, 0.3) is 5.91 Å². The first kappa shape index (κ1) is 21.3. The Morgan fingerprint density at radius 3 is 2.10 bits per heavy atom. The Balaban J connectivity index is 1.17. The van der Waals surface area contributed by atoms with Crippen LogP contribution >= 0.6 is 0 Å². The van der Waals surface area contributed by atoms with E-state index < -0.39 is 0 Å². The van der Waals surface area contributed by atoms with Gasteiger partial charge in [-0.2, -0.15) is 0 Å². The molecule has 4 saturated carbocycles. The molecule has 170 valence electrons. The second-order valence-corrected chi connectivity index (χ2v) is 12.1. The monoisotopic (exact) mass is 424 g/mol. The van der Waals surface area contributed by atoms with Crippen molar-refractivity contribution in [2.75, 3.05) is 26.2 Å². The molecule has 1 heterocycles. The Morgan fingerprint density at radius 2 is 1.58 bits per heavy atom. The Labute approximate surface area is 188 Å². The predicted molar refractivity (Wildman–Crippen MR) is 124 cm³/mol. The summed E-state index contributed by atoms with van der Waals surface area (Å²) >= 11 is 0. The minimum atomic E-state index is 0.103. The maximum Gasteiger partial charge on any atom is 0.260 e. The van der Waals surface area contributed by atoms with Crippen molar-refractivity contribution in [1.29, 1.82) is 0 Å². The molecule has 1 aliphatic heterocycles. The van der Waals surface area contributed by atoms with Crippen LogP contribution in [-0.2, 0) is 10.2 Å². The number of hydrogen-bond acceptors (Lipinski definition) is 3. The fourth-order valence-electron chi connectivity index (χ4n) is 7.53. The Kier molecular flexibility index (Phi) is 5.36. The molecule has 4 heteroatoms. The quantitative estimate of drug-likeness (QED) is 0.692. The van der Waals surface area contributed by atoms with E-state index in [9.17, 15) is 4.79 Å².